The maximum absolute atomic E-state index is 13.6. The topological polar surface area (TPSA) is 83.1 Å². The lowest BCUT2D eigenvalue weighted by atomic mass is 10.1. The maximum atomic E-state index is 13.6. The number of hydrogen-bond acceptors (Lipinski definition) is 4. The molecule has 0 aliphatic carbocycles. The van der Waals surface area contributed by atoms with Crippen LogP contribution < -0.4 is 5.32 Å². The van der Waals surface area contributed by atoms with Gasteiger partial charge in [0, 0.05) is 24.6 Å². The van der Waals surface area contributed by atoms with Crippen LogP contribution in [-0.2, 0) is 4.79 Å². The van der Waals surface area contributed by atoms with Crippen molar-refractivity contribution in [1.82, 2.24) is 14.6 Å². The number of pyridine rings is 1. The number of rotatable bonds is 4. The number of benzene rings is 1. The highest BCUT2D eigenvalue weighted by atomic mass is 19.1. The van der Waals surface area contributed by atoms with E-state index in [9.17, 15) is 9.18 Å². The lowest BCUT2D eigenvalue weighted by Crippen LogP contribution is -2.12. The van der Waals surface area contributed by atoms with Gasteiger partial charge in [0.1, 0.15) is 5.82 Å². The summed E-state index contributed by atoms with van der Waals surface area (Å²) in [5.74, 6) is -0.437. The van der Waals surface area contributed by atoms with Crippen LogP contribution in [0.5, 0.6) is 0 Å². The van der Waals surface area contributed by atoms with Gasteiger partial charge in [-0.1, -0.05) is 6.07 Å². The quantitative estimate of drug-likeness (QED) is 0.800. The van der Waals surface area contributed by atoms with Gasteiger partial charge in [0.2, 0.25) is 11.9 Å². The number of nitrogens with zero attached hydrogens (tertiary/aromatic N) is 4. The molecule has 0 saturated heterocycles. The van der Waals surface area contributed by atoms with E-state index in [-0.39, 0.29) is 30.5 Å². The van der Waals surface area contributed by atoms with Crippen LogP contribution in [0, 0.1) is 24.1 Å². The summed E-state index contributed by atoms with van der Waals surface area (Å²) in [6.45, 7) is 1.83. The number of halogens is 1. The molecular formula is C17H14FN5O. The first-order valence-electron chi connectivity index (χ1n) is 7.36. The molecule has 1 aromatic carbocycles. The molecule has 0 saturated carbocycles. The Balaban J connectivity index is 1.89. The molecule has 0 aliphatic rings. The van der Waals surface area contributed by atoms with E-state index < -0.39 is 0 Å². The molecule has 0 unspecified atom stereocenters. The standard InChI is InChI=1S/C17H14FN5O/c1-11-7-13(9-14(18)8-11)12-4-5-15-20-17(22-23(15)10-12)21-16(24)3-2-6-19/h4-5,7-10H,2-3H2,1H3,(H,21,22,24). The molecule has 2 heterocycles. The van der Waals surface area contributed by atoms with Gasteiger partial charge in [-0.3, -0.25) is 10.1 Å². The van der Waals surface area contributed by atoms with E-state index in [2.05, 4.69) is 15.4 Å². The van der Waals surface area contributed by atoms with E-state index in [0.717, 1.165) is 16.7 Å². The van der Waals surface area contributed by atoms with Crippen molar-refractivity contribution in [3.63, 3.8) is 0 Å². The third kappa shape index (κ3) is 3.38. The molecule has 0 fully saturated rings. The summed E-state index contributed by atoms with van der Waals surface area (Å²) in [5, 5.41) is 15.2. The zero-order chi connectivity index (χ0) is 17.1. The van der Waals surface area contributed by atoms with Gasteiger partial charge in [0.25, 0.3) is 0 Å². The van der Waals surface area contributed by atoms with Crippen LogP contribution >= 0.6 is 0 Å². The zero-order valence-electron chi connectivity index (χ0n) is 13.0. The highest BCUT2D eigenvalue weighted by molar-refractivity contribution is 5.89. The van der Waals surface area contributed by atoms with Crippen molar-refractivity contribution >= 4 is 17.5 Å². The van der Waals surface area contributed by atoms with Crippen molar-refractivity contribution in [3.05, 3.63) is 47.9 Å². The number of amides is 1. The van der Waals surface area contributed by atoms with Gasteiger partial charge < -0.3 is 0 Å². The van der Waals surface area contributed by atoms with Gasteiger partial charge in [-0.25, -0.2) is 8.91 Å². The van der Waals surface area contributed by atoms with Crippen LogP contribution in [0.15, 0.2) is 36.5 Å². The zero-order valence-corrected chi connectivity index (χ0v) is 13.0. The summed E-state index contributed by atoms with van der Waals surface area (Å²) < 4.78 is 15.1. The fourth-order valence-corrected chi connectivity index (χ4v) is 2.37. The van der Waals surface area contributed by atoms with Crippen molar-refractivity contribution < 1.29 is 9.18 Å². The van der Waals surface area contributed by atoms with E-state index in [0.29, 0.717) is 5.65 Å². The molecule has 120 valence electrons. The Labute approximate surface area is 137 Å². The molecular weight excluding hydrogens is 309 g/mol. The number of aryl methyl sites for hydroxylation is 1. The van der Waals surface area contributed by atoms with Gasteiger partial charge in [-0.05, 0) is 42.3 Å². The Hall–Kier alpha value is -3.27. The largest absolute Gasteiger partial charge is 0.293 e. The fraction of sp³-hybridized carbons (Fsp3) is 0.176. The van der Waals surface area contributed by atoms with E-state index in [4.69, 9.17) is 5.26 Å². The second-order valence-corrected chi connectivity index (χ2v) is 5.38. The van der Waals surface area contributed by atoms with Crippen molar-refractivity contribution in [2.75, 3.05) is 5.32 Å². The Bertz CT molecular complexity index is 937. The van der Waals surface area contributed by atoms with Crippen LogP contribution in [0.3, 0.4) is 0 Å². The average Bonchev–Trinajstić information content (AvgIpc) is 2.93. The third-order valence-electron chi connectivity index (χ3n) is 3.42. The van der Waals surface area contributed by atoms with Crippen LogP contribution in [-0.4, -0.2) is 20.5 Å². The van der Waals surface area contributed by atoms with E-state index in [1.807, 2.05) is 25.1 Å². The number of aromatic nitrogens is 3. The van der Waals surface area contributed by atoms with E-state index in [1.54, 1.807) is 12.3 Å². The third-order valence-corrected chi connectivity index (χ3v) is 3.42. The predicted molar refractivity (Wildman–Crippen MR) is 86.6 cm³/mol. The Morgan fingerprint density at radius 2 is 2.17 bits per heavy atom. The minimum absolute atomic E-state index is 0.0971. The second kappa shape index (κ2) is 6.46. The molecule has 24 heavy (non-hydrogen) atoms. The number of carbonyl (C=O) groups is 1. The van der Waals surface area contributed by atoms with Crippen molar-refractivity contribution in [2.24, 2.45) is 0 Å². The van der Waals surface area contributed by atoms with Crippen LogP contribution in [0.1, 0.15) is 18.4 Å². The monoisotopic (exact) mass is 323 g/mol. The highest BCUT2D eigenvalue weighted by Gasteiger charge is 2.09. The van der Waals surface area contributed by atoms with Crippen LogP contribution in [0.4, 0.5) is 10.3 Å². The number of anilines is 1. The van der Waals surface area contributed by atoms with Gasteiger partial charge in [0.05, 0.1) is 6.07 Å². The molecule has 3 rings (SSSR count). The molecule has 0 atom stereocenters. The van der Waals surface area contributed by atoms with E-state index in [1.165, 1.54) is 16.6 Å². The molecule has 0 spiro atoms. The normalized spacial score (nSPS) is 10.5. The number of nitrogens with one attached hydrogen (secondary N) is 1. The smallest absolute Gasteiger partial charge is 0.249 e. The number of carbonyl (C=O) groups excluding carboxylic acids is 1. The van der Waals surface area contributed by atoms with Gasteiger partial charge in [0.15, 0.2) is 5.65 Å². The molecule has 2 aromatic heterocycles. The molecule has 3 aromatic rings. The SMILES string of the molecule is Cc1cc(F)cc(-c2ccc3nc(NC(=O)CCC#N)nn3c2)c1. The van der Waals surface area contributed by atoms with Gasteiger partial charge in [-0.2, -0.15) is 10.2 Å². The Morgan fingerprint density at radius 3 is 2.92 bits per heavy atom. The first-order valence-corrected chi connectivity index (χ1v) is 7.36. The predicted octanol–water partition coefficient (Wildman–Crippen LogP) is 3.09. The minimum atomic E-state index is -0.312. The molecule has 0 bridgehead atoms. The highest BCUT2D eigenvalue weighted by Crippen LogP contribution is 2.22. The summed E-state index contributed by atoms with van der Waals surface area (Å²) in [7, 11) is 0. The molecule has 1 N–H and O–H groups in total. The Kier molecular flexibility index (Phi) is 4.20. The maximum Gasteiger partial charge on any atom is 0.249 e. The summed E-state index contributed by atoms with van der Waals surface area (Å²) in [6, 6.07) is 10.3. The number of hydrogen-bond donors (Lipinski definition) is 1. The van der Waals surface area contributed by atoms with Crippen molar-refractivity contribution in [2.45, 2.75) is 19.8 Å². The molecule has 7 heteroatoms. The van der Waals surface area contributed by atoms with Crippen molar-refractivity contribution in [3.8, 4) is 17.2 Å². The second-order valence-electron chi connectivity index (χ2n) is 5.38. The number of fused-ring (bicyclic) bond motifs is 1. The van der Waals surface area contributed by atoms with Crippen LogP contribution in [0.2, 0.25) is 0 Å². The Morgan fingerprint density at radius 1 is 1.33 bits per heavy atom. The van der Waals surface area contributed by atoms with Gasteiger partial charge >= 0.3 is 0 Å². The fourth-order valence-electron chi connectivity index (χ4n) is 2.37. The van der Waals surface area contributed by atoms with Crippen LogP contribution in [0.25, 0.3) is 16.8 Å². The minimum Gasteiger partial charge on any atom is -0.293 e. The lowest BCUT2D eigenvalue weighted by Gasteiger charge is -2.04. The van der Waals surface area contributed by atoms with Crippen molar-refractivity contribution in [1.29, 1.82) is 5.26 Å². The summed E-state index contributed by atoms with van der Waals surface area (Å²) >= 11 is 0. The summed E-state index contributed by atoms with van der Waals surface area (Å²) in [4.78, 5) is 15.8. The molecule has 0 radical (unpaired) electrons. The molecule has 1 amide bonds. The van der Waals surface area contributed by atoms with Gasteiger partial charge in [-0.15, -0.1) is 5.10 Å². The van der Waals surface area contributed by atoms with E-state index >= 15 is 0 Å². The first-order chi connectivity index (χ1) is 11.5. The average molecular weight is 323 g/mol. The molecule has 6 nitrogen and oxygen atoms in total. The first kappa shape index (κ1) is 15.6. The summed E-state index contributed by atoms with van der Waals surface area (Å²) in [6.07, 6.45) is 1.96. The summed E-state index contributed by atoms with van der Waals surface area (Å²) in [5.41, 5.74) is 2.92. The number of nitriles is 1. The lowest BCUT2D eigenvalue weighted by molar-refractivity contribution is -0.116. The molecule has 0 aliphatic heterocycles.